The van der Waals surface area contributed by atoms with E-state index >= 15 is 0 Å². The quantitative estimate of drug-likeness (QED) is 0.386. The summed E-state index contributed by atoms with van der Waals surface area (Å²) in [6.07, 6.45) is 0. The van der Waals surface area contributed by atoms with Crippen LogP contribution in [0.1, 0.15) is 37.5 Å². The van der Waals surface area contributed by atoms with Crippen LogP contribution in [0.25, 0.3) is 0 Å². The fraction of sp³-hybridized carbons (Fsp3) is 0.333. The number of hydrogen-bond acceptors (Lipinski definition) is 4. The summed E-state index contributed by atoms with van der Waals surface area (Å²) < 4.78 is 28.6. The Labute approximate surface area is 226 Å². The van der Waals surface area contributed by atoms with E-state index in [-0.39, 0.29) is 23.3 Å². The van der Waals surface area contributed by atoms with E-state index in [0.29, 0.717) is 12.2 Å². The molecule has 0 aliphatic rings. The number of hydrogen-bond donors (Lipinski definition) is 1. The van der Waals surface area contributed by atoms with E-state index in [9.17, 15) is 18.0 Å². The van der Waals surface area contributed by atoms with E-state index < -0.39 is 28.5 Å². The van der Waals surface area contributed by atoms with Crippen LogP contribution in [0.2, 0.25) is 0 Å². The summed E-state index contributed by atoms with van der Waals surface area (Å²) in [6.45, 7) is 9.74. The van der Waals surface area contributed by atoms with Crippen molar-refractivity contribution in [3.05, 3.63) is 95.6 Å². The number of carbonyl (C=O) groups excluding carboxylic acids is 2. The minimum absolute atomic E-state index is 0.0844. The van der Waals surface area contributed by atoms with Gasteiger partial charge in [0.1, 0.15) is 12.6 Å². The highest BCUT2D eigenvalue weighted by Crippen LogP contribution is 2.25. The maximum atomic E-state index is 13.9. The van der Waals surface area contributed by atoms with Gasteiger partial charge in [-0.15, -0.1) is 0 Å². The zero-order chi connectivity index (χ0) is 27.9. The SMILES string of the molecule is Cc1ccc(CN(C(=O)CN(c2ccc(C)cc2)S(=O)(=O)c2ccccc2)[C@@H](C)C(=O)NCC(C)C)cc1. The molecule has 0 unspecified atom stereocenters. The monoisotopic (exact) mass is 535 g/mol. The van der Waals surface area contributed by atoms with Crippen LogP contribution in [0.3, 0.4) is 0 Å². The summed E-state index contributed by atoms with van der Waals surface area (Å²) in [6, 6.07) is 21.9. The minimum Gasteiger partial charge on any atom is -0.354 e. The summed E-state index contributed by atoms with van der Waals surface area (Å²) in [5, 5.41) is 2.89. The third-order valence-electron chi connectivity index (χ3n) is 6.26. The van der Waals surface area contributed by atoms with Crippen molar-refractivity contribution in [2.24, 2.45) is 5.92 Å². The number of nitrogens with zero attached hydrogens (tertiary/aromatic N) is 2. The van der Waals surface area contributed by atoms with Gasteiger partial charge in [-0.3, -0.25) is 13.9 Å². The molecule has 38 heavy (non-hydrogen) atoms. The second-order valence-electron chi connectivity index (χ2n) is 9.98. The molecular weight excluding hydrogens is 498 g/mol. The fourth-order valence-electron chi connectivity index (χ4n) is 3.88. The van der Waals surface area contributed by atoms with Crippen molar-refractivity contribution in [2.45, 2.75) is 52.1 Å². The van der Waals surface area contributed by atoms with Gasteiger partial charge in [0.2, 0.25) is 11.8 Å². The molecule has 3 aromatic rings. The molecule has 2 amide bonds. The first-order valence-corrected chi connectivity index (χ1v) is 14.2. The predicted octanol–water partition coefficient (Wildman–Crippen LogP) is 4.69. The smallest absolute Gasteiger partial charge is 0.264 e. The molecule has 0 saturated carbocycles. The lowest BCUT2D eigenvalue weighted by atomic mass is 10.1. The van der Waals surface area contributed by atoms with Crippen molar-refractivity contribution in [1.29, 1.82) is 0 Å². The molecule has 0 saturated heterocycles. The summed E-state index contributed by atoms with van der Waals surface area (Å²) in [4.78, 5) is 28.4. The highest BCUT2D eigenvalue weighted by atomic mass is 32.2. The van der Waals surface area contributed by atoms with Crippen molar-refractivity contribution >= 4 is 27.5 Å². The maximum absolute atomic E-state index is 13.9. The predicted molar refractivity (Wildman–Crippen MR) is 151 cm³/mol. The molecule has 0 aliphatic heterocycles. The van der Waals surface area contributed by atoms with Crippen LogP contribution >= 0.6 is 0 Å². The molecule has 1 atom stereocenters. The molecule has 7 nitrogen and oxygen atoms in total. The molecule has 3 rings (SSSR count). The number of carbonyl (C=O) groups is 2. The third kappa shape index (κ3) is 7.44. The van der Waals surface area contributed by atoms with Gasteiger partial charge in [0.15, 0.2) is 0 Å². The summed E-state index contributed by atoms with van der Waals surface area (Å²) >= 11 is 0. The van der Waals surface area contributed by atoms with Gasteiger partial charge in [-0.25, -0.2) is 8.42 Å². The first-order chi connectivity index (χ1) is 18.0. The highest BCUT2D eigenvalue weighted by Gasteiger charge is 2.32. The van der Waals surface area contributed by atoms with E-state index in [1.54, 1.807) is 49.4 Å². The van der Waals surface area contributed by atoms with Gasteiger partial charge in [0.25, 0.3) is 10.0 Å². The zero-order valence-electron chi connectivity index (χ0n) is 22.7. The molecule has 0 spiro atoms. The third-order valence-corrected chi connectivity index (χ3v) is 8.05. The average Bonchev–Trinajstić information content (AvgIpc) is 2.90. The van der Waals surface area contributed by atoms with Crippen molar-refractivity contribution in [2.75, 3.05) is 17.4 Å². The van der Waals surface area contributed by atoms with Crippen LogP contribution in [0, 0.1) is 19.8 Å². The molecule has 8 heteroatoms. The summed E-state index contributed by atoms with van der Waals surface area (Å²) in [5.74, 6) is -0.509. The Morgan fingerprint density at radius 3 is 1.92 bits per heavy atom. The molecule has 1 N–H and O–H groups in total. The second kappa shape index (κ2) is 12.7. The summed E-state index contributed by atoms with van der Waals surface area (Å²) in [5.41, 5.74) is 3.27. The van der Waals surface area contributed by atoms with Gasteiger partial charge in [0.05, 0.1) is 10.6 Å². The van der Waals surface area contributed by atoms with Crippen LogP contribution in [-0.4, -0.2) is 44.3 Å². The lowest BCUT2D eigenvalue weighted by molar-refractivity contribution is -0.139. The highest BCUT2D eigenvalue weighted by molar-refractivity contribution is 7.92. The molecule has 0 aliphatic carbocycles. The Kier molecular flexibility index (Phi) is 9.69. The van der Waals surface area contributed by atoms with E-state index in [1.165, 1.54) is 17.0 Å². The lowest BCUT2D eigenvalue weighted by Crippen LogP contribution is -2.51. The van der Waals surface area contributed by atoms with Crippen molar-refractivity contribution in [1.82, 2.24) is 10.2 Å². The van der Waals surface area contributed by atoms with Gasteiger partial charge in [-0.1, -0.05) is 79.6 Å². The van der Waals surface area contributed by atoms with Gasteiger partial charge in [-0.05, 0) is 56.5 Å². The van der Waals surface area contributed by atoms with Crippen LogP contribution in [0.4, 0.5) is 5.69 Å². The molecule has 0 radical (unpaired) electrons. The van der Waals surface area contributed by atoms with Crippen LogP contribution in [0.15, 0.2) is 83.8 Å². The fourth-order valence-corrected chi connectivity index (χ4v) is 5.32. The number of amides is 2. The van der Waals surface area contributed by atoms with Gasteiger partial charge < -0.3 is 10.2 Å². The van der Waals surface area contributed by atoms with Gasteiger partial charge >= 0.3 is 0 Å². The van der Waals surface area contributed by atoms with Crippen LogP contribution in [-0.2, 0) is 26.2 Å². The number of sulfonamides is 1. The van der Waals surface area contributed by atoms with E-state index in [1.807, 2.05) is 52.0 Å². The molecule has 0 heterocycles. The zero-order valence-corrected chi connectivity index (χ0v) is 23.5. The number of anilines is 1. The Bertz CT molecular complexity index is 1320. The van der Waals surface area contributed by atoms with Crippen LogP contribution in [0.5, 0.6) is 0 Å². The number of aryl methyl sites for hydroxylation is 2. The van der Waals surface area contributed by atoms with E-state index in [2.05, 4.69) is 5.32 Å². The van der Waals surface area contributed by atoms with Crippen molar-refractivity contribution in [3.63, 3.8) is 0 Å². The summed E-state index contributed by atoms with van der Waals surface area (Å²) in [7, 11) is -4.06. The second-order valence-corrected chi connectivity index (χ2v) is 11.8. The molecule has 202 valence electrons. The first-order valence-electron chi connectivity index (χ1n) is 12.8. The van der Waals surface area contributed by atoms with Gasteiger partial charge in [0, 0.05) is 13.1 Å². The number of nitrogens with one attached hydrogen (secondary N) is 1. The molecule has 0 fully saturated rings. The average molecular weight is 536 g/mol. The van der Waals surface area contributed by atoms with Crippen molar-refractivity contribution < 1.29 is 18.0 Å². The Morgan fingerprint density at radius 2 is 1.37 bits per heavy atom. The van der Waals surface area contributed by atoms with Crippen LogP contribution < -0.4 is 9.62 Å². The van der Waals surface area contributed by atoms with E-state index in [0.717, 1.165) is 21.0 Å². The Hall–Kier alpha value is -3.65. The molecule has 0 bridgehead atoms. The lowest BCUT2D eigenvalue weighted by Gasteiger charge is -2.32. The largest absolute Gasteiger partial charge is 0.354 e. The van der Waals surface area contributed by atoms with E-state index in [4.69, 9.17) is 0 Å². The van der Waals surface area contributed by atoms with Crippen molar-refractivity contribution in [3.8, 4) is 0 Å². The first kappa shape index (κ1) is 28.9. The molecule has 0 aromatic heterocycles. The molecule has 3 aromatic carbocycles. The number of benzene rings is 3. The number of rotatable bonds is 11. The minimum atomic E-state index is -4.06. The molecular formula is C30H37N3O4S. The maximum Gasteiger partial charge on any atom is 0.264 e. The topological polar surface area (TPSA) is 86.8 Å². The Morgan fingerprint density at radius 1 is 0.816 bits per heavy atom. The standard InChI is InChI=1S/C30H37N3O4S/c1-22(2)19-31-30(35)25(5)32(20-26-15-11-23(3)12-16-26)29(34)21-33(27-17-13-24(4)14-18-27)38(36,37)28-9-7-6-8-10-28/h6-18,22,25H,19-21H2,1-5H3,(H,31,35)/t25-/m0/s1. The van der Waals surface area contributed by atoms with Gasteiger partial charge in [-0.2, -0.15) is 0 Å². The normalized spacial score (nSPS) is 12.2. The Balaban J connectivity index is 1.98.